The molecule has 0 aliphatic carbocycles. The Morgan fingerprint density at radius 2 is 1.88 bits per heavy atom. The third-order valence-corrected chi connectivity index (χ3v) is 4.66. The van der Waals surface area contributed by atoms with E-state index in [1.807, 2.05) is 12.4 Å². The van der Waals surface area contributed by atoms with Gasteiger partial charge in [-0.25, -0.2) is 9.97 Å². The van der Waals surface area contributed by atoms with Crippen molar-refractivity contribution < 1.29 is 0 Å². The van der Waals surface area contributed by atoms with Gasteiger partial charge in [0.05, 0.1) is 5.69 Å². The zero-order valence-corrected chi connectivity index (χ0v) is 14.3. The van der Waals surface area contributed by atoms with Crippen molar-refractivity contribution in [1.82, 2.24) is 18.8 Å². The smallest absolute Gasteiger partial charge is 0.137 e. The number of hydrogen-bond donors (Lipinski definition) is 0. The van der Waals surface area contributed by atoms with Gasteiger partial charge in [0, 0.05) is 30.5 Å². The molecule has 0 N–H and O–H groups in total. The molecule has 0 aliphatic heterocycles. The lowest BCUT2D eigenvalue weighted by Gasteiger charge is -2.10. The van der Waals surface area contributed by atoms with Crippen LogP contribution in [-0.4, -0.2) is 18.8 Å². The highest BCUT2D eigenvalue weighted by Crippen LogP contribution is 2.23. The fourth-order valence-corrected chi connectivity index (χ4v) is 3.31. The molecule has 4 aromatic heterocycles. The van der Waals surface area contributed by atoms with E-state index in [1.165, 1.54) is 11.3 Å². The molecule has 0 spiro atoms. The van der Waals surface area contributed by atoms with Gasteiger partial charge in [-0.15, -0.1) is 0 Å². The summed E-state index contributed by atoms with van der Waals surface area (Å²) >= 11 is 0. The highest BCUT2D eigenvalue weighted by molar-refractivity contribution is 5.43. The molecule has 1 unspecified atom stereocenters. The van der Waals surface area contributed by atoms with Crippen molar-refractivity contribution in [2.75, 3.05) is 0 Å². The van der Waals surface area contributed by atoms with Crippen LogP contribution in [0.3, 0.4) is 0 Å². The van der Waals surface area contributed by atoms with Crippen molar-refractivity contribution in [3.63, 3.8) is 0 Å². The van der Waals surface area contributed by atoms with Crippen molar-refractivity contribution in [2.45, 2.75) is 39.0 Å². The Labute approximate surface area is 141 Å². The molecular formula is C20H22N4. The molecule has 0 amide bonds. The van der Waals surface area contributed by atoms with Crippen molar-refractivity contribution in [3.05, 3.63) is 72.1 Å². The molecule has 122 valence electrons. The van der Waals surface area contributed by atoms with Crippen LogP contribution in [0, 0.1) is 0 Å². The van der Waals surface area contributed by atoms with E-state index in [0.29, 0.717) is 11.8 Å². The SMILES string of the molecule is CC(C)c1cccc2nc(CC(C)c3ccc4nccn4c3)cn12. The Balaban J connectivity index is 1.64. The second kappa shape index (κ2) is 5.78. The summed E-state index contributed by atoms with van der Waals surface area (Å²) in [6.45, 7) is 6.69. The summed E-state index contributed by atoms with van der Waals surface area (Å²) in [4.78, 5) is 9.12. The zero-order chi connectivity index (χ0) is 16.7. The maximum atomic E-state index is 4.82. The van der Waals surface area contributed by atoms with E-state index >= 15 is 0 Å². The molecule has 4 heterocycles. The van der Waals surface area contributed by atoms with E-state index in [4.69, 9.17) is 4.98 Å². The van der Waals surface area contributed by atoms with Crippen LogP contribution in [0.15, 0.2) is 55.1 Å². The molecule has 4 rings (SSSR count). The average molecular weight is 318 g/mol. The minimum atomic E-state index is 0.407. The van der Waals surface area contributed by atoms with Crippen molar-refractivity contribution in [2.24, 2.45) is 0 Å². The van der Waals surface area contributed by atoms with Crippen LogP contribution in [0.4, 0.5) is 0 Å². The lowest BCUT2D eigenvalue weighted by molar-refractivity contribution is 0.738. The lowest BCUT2D eigenvalue weighted by Crippen LogP contribution is -2.00. The minimum absolute atomic E-state index is 0.407. The van der Waals surface area contributed by atoms with Crippen LogP contribution in [-0.2, 0) is 6.42 Å². The lowest BCUT2D eigenvalue weighted by atomic mass is 9.98. The van der Waals surface area contributed by atoms with Gasteiger partial charge >= 0.3 is 0 Å². The Hall–Kier alpha value is -2.62. The Morgan fingerprint density at radius 1 is 1.00 bits per heavy atom. The Bertz CT molecular complexity index is 993. The van der Waals surface area contributed by atoms with Crippen LogP contribution in [0.1, 0.15) is 49.6 Å². The minimum Gasteiger partial charge on any atom is -0.307 e. The highest BCUT2D eigenvalue weighted by Gasteiger charge is 2.12. The normalized spacial score (nSPS) is 13.2. The second-order valence-electron chi connectivity index (χ2n) is 6.83. The summed E-state index contributed by atoms with van der Waals surface area (Å²) in [5.74, 6) is 0.890. The first-order valence-corrected chi connectivity index (χ1v) is 8.51. The Morgan fingerprint density at radius 3 is 2.71 bits per heavy atom. The standard InChI is InChI=1S/C20H22N4/c1-14(2)18-5-4-6-20-22-17(13-24(18)20)11-15(3)16-7-8-19-21-9-10-23(19)12-16/h4-10,12-15H,11H2,1-3H3. The van der Waals surface area contributed by atoms with E-state index in [1.54, 1.807) is 0 Å². The number of fused-ring (bicyclic) bond motifs is 2. The topological polar surface area (TPSA) is 34.6 Å². The number of pyridine rings is 2. The molecule has 0 fully saturated rings. The fraction of sp³-hybridized carbons (Fsp3) is 0.300. The molecule has 4 nitrogen and oxygen atoms in total. The first-order chi connectivity index (χ1) is 11.6. The van der Waals surface area contributed by atoms with Gasteiger partial charge in [-0.2, -0.15) is 0 Å². The van der Waals surface area contributed by atoms with E-state index in [9.17, 15) is 0 Å². The number of nitrogens with zero attached hydrogens (tertiary/aromatic N) is 4. The quantitative estimate of drug-likeness (QED) is 0.557. The molecule has 0 bridgehead atoms. The maximum absolute atomic E-state index is 4.82. The summed E-state index contributed by atoms with van der Waals surface area (Å²) in [5, 5.41) is 0. The third kappa shape index (κ3) is 2.58. The van der Waals surface area contributed by atoms with Gasteiger partial charge in [0.15, 0.2) is 0 Å². The van der Waals surface area contributed by atoms with E-state index < -0.39 is 0 Å². The zero-order valence-electron chi connectivity index (χ0n) is 14.3. The summed E-state index contributed by atoms with van der Waals surface area (Å²) < 4.78 is 4.30. The number of rotatable bonds is 4. The molecule has 0 radical (unpaired) electrons. The number of aromatic nitrogens is 4. The average Bonchev–Trinajstić information content (AvgIpc) is 3.19. The Kier molecular flexibility index (Phi) is 3.60. The maximum Gasteiger partial charge on any atom is 0.137 e. The van der Waals surface area contributed by atoms with Gasteiger partial charge in [-0.3, -0.25) is 0 Å². The van der Waals surface area contributed by atoms with Crippen molar-refractivity contribution >= 4 is 11.3 Å². The largest absolute Gasteiger partial charge is 0.307 e. The number of imidazole rings is 2. The molecule has 4 aromatic rings. The van der Waals surface area contributed by atoms with E-state index in [-0.39, 0.29) is 0 Å². The van der Waals surface area contributed by atoms with Crippen molar-refractivity contribution in [1.29, 1.82) is 0 Å². The summed E-state index contributed by atoms with van der Waals surface area (Å²) in [6, 6.07) is 10.6. The molecule has 0 saturated heterocycles. The van der Waals surface area contributed by atoms with Crippen molar-refractivity contribution in [3.8, 4) is 0 Å². The predicted octanol–water partition coefficient (Wildman–Crippen LogP) is 4.45. The van der Waals surface area contributed by atoms with Crippen LogP contribution in [0.2, 0.25) is 0 Å². The fourth-order valence-electron chi connectivity index (χ4n) is 3.31. The molecule has 1 atom stereocenters. The van der Waals surface area contributed by atoms with Crippen LogP contribution in [0.25, 0.3) is 11.3 Å². The van der Waals surface area contributed by atoms with E-state index in [2.05, 4.69) is 77.3 Å². The van der Waals surface area contributed by atoms with Gasteiger partial charge < -0.3 is 8.80 Å². The van der Waals surface area contributed by atoms with Gasteiger partial charge in [-0.1, -0.05) is 32.9 Å². The third-order valence-electron chi connectivity index (χ3n) is 4.66. The number of hydrogen-bond acceptors (Lipinski definition) is 2. The van der Waals surface area contributed by atoms with Gasteiger partial charge in [0.25, 0.3) is 0 Å². The molecule has 24 heavy (non-hydrogen) atoms. The van der Waals surface area contributed by atoms with Gasteiger partial charge in [-0.05, 0) is 42.0 Å². The van der Waals surface area contributed by atoms with Crippen LogP contribution in [0.5, 0.6) is 0 Å². The molecule has 0 saturated carbocycles. The van der Waals surface area contributed by atoms with E-state index in [0.717, 1.165) is 23.4 Å². The molecule has 0 aliphatic rings. The monoisotopic (exact) mass is 318 g/mol. The first kappa shape index (κ1) is 14.9. The second-order valence-corrected chi connectivity index (χ2v) is 6.83. The van der Waals surface area contributed by atoms with Crippen LogP contribution < -0.4 is 0 Å². The summed E-state index contributed by atoms with van der Waals surface area (Å²) in [5.41, 5.74) is 5.77. The summed E-state index contributed by atoms with van der Waals surface area (Å²) in [6.07, 6.45) is 9.11. The van der Waals surface area contributed by atoms with Gasteiger partial charge in [0.2, 0.25) is 0 Å². The van der Waals surface area contributed by atoms with Gasteiger partial charge in [0.1, 0.15) is 11.3 Å². The molecule has 0 aromatic carbocycles. The molecular weight excluding hydrogens is 296 g/mol. The highest BCUT2D eigenvalue weighted by atomic mass is 15.0. The summed E-state index contributed by atoms with van der Waals surface area (Å²) in [7, 11) is 0. The first-order valence-electron chi connectivity index (χ1n) is 8.51. The predicted molar refractivity (Wildman–Crippen MR) is 96.6 cm³/mol. The molecule has 4 heteroatoms. The van der Waals surface area contributed by atoms with Crippen LogP contribution >= 0.6 is 0 Å².